The molecule has 0 fully saturated rings. The molecule has 0 aliphatic heterocycles. The number of para-hydroxylation sites is 1. The van der Waals surface area contributed by atoms with Crippen molar-refractivity contribution in [2.75, 3.05) is 12.2 Å². The van der Waals surface area contributed by atoms with Gasteiger partial charge in [-0.1, -0.05) is 29.8 Å². The molecule has 7 heteroatoms. The summed E-state index contributed by atoms with van der Waals surface area (Å²) in [5, 5.41) is 6.19. The summed E-state index contributed by atoms with van der Waals surface area (Å²) in [5.41, 5.74) is 2.31. The summed E-state index contributed by atoms with van der Waals surface area (Å²) < 4.78 is 7.44. The molecule has 128 valence electrons. The van der Waals surface area contributed by atoms with Crippen LogP contribution in [0.25, 0.3) is 5.69 Å². The Hall–Kier alpha value is -2.83. The van der Waals surface area contributed by atoms with E-state index in [4.69, 9.17) is 21.2 Å². The van der Waals surface area contributed by atoms with Crippen molar-refractivity contribution >= 4 is 23.7 Å². The van der Waals surface area contributed by atoms with Crippen LogP contribution < -0.4 is 9.80 Å². The minimum Gasteiger partial charge on any atom is -0.472 e. The molecular weight excluding hydrogens is 342 g/mol. The molecule has 1 aromatic heterocycles. The third-order valence-corrected chi connectivity index (χ3v) is 3.80. The first-order valence-electron chi connectivity index (χ1n) is 7.52. The molecule has 2 aromatic carbocycles. The number of hydrogen-bond acceptors (Lipinski definition) is 4. The van der Waals surface area contributed by atoms with E-state index in [1.54, 1.807) is 35.1 Å². The first-order chi connectivity index (χ1) is 12.2. The molecule has 25 heavy (non-hydrogen) atoms. The second-order valence-corrected chi connectivity index (χ2v) is 5.54. The van der Waals surface area contributed by atoms with Gasteiger partial charge in [-0.25, -0.2) is 4.68 Å². The smallest absolute Gasteiger partial charge is 0.238 e. The maximum atomic E-state index is 11.1. The highest BCUT2D eigenvalue weighted by Crippen LogP contribution is 2.22. The lowest BCUT2D eigenvalue weighted by Crippen LogP contribution is -2.20. The number of anilines is 1. The van der Waals surface area contributed by atoms with Gasteiger partial charge in [-0.15, -0.1) is 5.10 Å². The fourth-order valence-electron chi connectivity index (χ4n) is 2.32. The molecule has 0 aliphatic carbocycles. The lowest BCUT2D eigenvalue weighted by Gasteiger charge is -2.17. The predicted octanol–water partition coefficient (Wildman–Crippen LogP) is 3.63. The molecule has 6 nitrogen and oxygen atoms in total. The van der Waals surface area contributed by atoms with Crippen LogP contribution in [0.15, 0.2) is 60.8 Å². The summed E-state index contributed by atoms with van der Waals surface area (Å²) in [4.78, 5) is 16.1. The predicted molar refractivity (Wildman–Crippen MR) is 94.9 cm³/mol. The van der Waals surface area contributed by atoms with Gasteiger partial charge in [-0.2, -0.15) is 5.06 Å². The van der Waals surface area contributed by atoms with Gasteiger partial charge in [-0.05, 0) is 30.3 Å². The molecule has 0 saturated carbocycles. The van der Waals surface area contributed by atoms with Gasteiger partial charge in [0.05, 0.1) is 18.5 Å². The van der Waals surface area contributed by atoms with Crippen LogP contribution in [0.3, 0.4) is 0 Å². The van der Waals surface area contributed by atoms with Gasteiger partial charge in [0.1, 0.15) is 6.61 Å². The van der Waals surface area contributed by atoms with Gasteiger partial charge in [0.2, 0.25) is 12.3 Å². The summed E-state index contributed by atoms with van der Waals surface area (Å²) in [7, 11) is 1.43. The van der Waals surface area contributed by atoms with E-state index in [-0.39, 0.29) is 6.61 Å². The van der Waals surface area contributed by atoms with Crippen LogP contribution in [0.5, 0.6) is 5.88 Å². The summed E-state index contributed by atoms with van der Waals surface area (Å²) in [6, 6.07) is 16.4. The lowest BCUT2D eigenvalue weighted by molar-refractivity contribution is -0.112. The Morgan fingerprint density at radius 2 is 1.92 bits per heavy atom. The van der Waals surface area contributed by atoms with Gasteiger partial charge in [0.15, 0.2) is 0 Å². The maximum Gasteiger partial charge on any atom is 0.238 e. The van der Waals surface area contributed by atoms with Crippen LogP contribution in [-0.2, 0) is 16.2 Å². The number of halogens is 1. The molecule has 0 radical (unpaired) electrons. The highest BCUT2D eigenvalue weighted by Gasteiger charge is 2.11. The van der Waals surface area contributed by atoms with Crippen LogP contribution in [0.4, 0.5) is 5.69 Å². The molecule has 0 unspecified atom stereocenters. The van der Waals surface area contributed by atoms with Crippen LogP contribution in [-0.4, -0.2) is 23.3 Å². The Labute approximate surface area is 150 Å². The summed E-state index contributed by atoms with van der Waals surface area (Å²) in [6.07, 6.45) is 2.41. The number of carbonyl (C=O) groups excluding carboxylic acids is 1. The van der Waals surface area contributed by atoms with Crippen molar-refractivity contribution < 1.29 is 14.4 Å². The normalized spacial score (nSPS) is 10.5. The quantitative estimate of drug-likeness (QED) is 0.478. The number of nitrogens with zero attached hydrogens (tertiary/aromatic N) is 3. The first kappa shape index (κ1) is 17.0. The van der Waals surface area contributed by atoms with E-state index in [1.165, 1.54) is 7.11 Å². The molecule has 0 N–H and O–H groups in total. The van der Waals surface area contributed by atoms with Crippen LogP contribution in [0, 0.1) is 0 Å². The van der Waals surface area contributed by atoms with Crippen molar-refractivity contribution in [2.45, 2.75) is 6.61 Å². The monoisotopic (exact) mass is 357 g/mol. The van der Waals surface area contributed by atoms with Crippen molar-refractivity contribution in [3.05, 3.63) is 71.4 Å². The molecule has 3 rings (SSSR count). The number of carbonyl (C=O) groups is 1. The van der Waals surface area contributed by atoms with Crippen LogP contribution in [0.1, 0.15) is 5.56 Å². The highest BCUT2D eigenvalue weighted by atomic mass is 35.5. The topological polar surface area (TPSA) is 56.6 Å². The maximum absolute atomic E-state index is 11.1. The van der Waals surface area contributed by atoms with Gasteiger partial charge < -0.3 is 4.74 Å². The molecule has 1 amide bonds. The fourth-order valence-corrected chi connectivity index (χ4v) is 2.45. The second kappa shape index (κ2) is 7.83. The van der Waals surface area contributed by atoms with Crippen molar-refractivity contribution in [1.82, 2.24) is 9.78 Å². The molecule has 0 aliphatic rings. The molecule has 0 saturated heterocycles. The summed E-state index contributed by atoms with van der Waals surface area (Å²) >= 11 is 5.89. The third kappa shape index (κ3) is 3.99. The van der Waals surface area contributed by atoms with Gasteiger partial charge in [-0.3, -0.25) is 9.63 Å². The van der Waals surface area contributed by atoms with Crippen molar-refractivity contribution in [2.24, 2.45) is 0 Å². The SMILES string of the molecule is CON(C=O)c1ccccc1COc1ccn(-c2ccc(Cl)cc2)n1. The first-order valence-corrected chi connectivity index (χ1v) is 7.90. The van der Waals surface area contributed by atoms with Crippen LogP contribution >= 0.6 is 11.6 Å². The number of rotatable bonds is 7. The number of amides is 1. The zero-order valence-corrected chi connectivity index (χ0v) is 14.3. The number of hydroxylamine groups is 1. The largest absolute Gasteiger partial charge is 0.472 e. The number of benzene rings is 2. The highest BCUT2D eigenvalue weighted by molar-refractivity contribution is 6.30. The average molecular weight is 358 g/mol. The minimum atomic E-state index is 0.251. The second-order valence-electron chi connectivity index (χ2n) is 5.11. The average Bonchev–Trinajstić information content (AvgIpc) is 3.11. The Balaban J connectivity index is 1.73. The van der Waals surface area contributed by atoms with E-state index in [0.29, 0.717) is 23.0 Å². The molecule has 0 atom stereocenters. The van der Waals surface area contributed by atoms with E-state index in [0.717, 1.165) is 16.3 Å². The Bertz CT molecular complexity index is 849. The van der Waals surface area contributed by atoms with E-state index < -0.39 is 0 Å². The summed E-state index contributed by atoms with van der Waals surface area (Å²) in [5.74, 6) is 0.472. The van der Waals surface area contributed by atoms with Gasteiger partial charge >= 0.3 is 0 Å². The fraction of sp³-hybridized carbons (Fsp3) is 0.111. The molecule has 3 aromatic rings. The van der Waals surface area contributed by atoms with E-state index >= 15 is 0 Å². The third-order valence-electron chi connectivity index (χ3n) is 3.55. The minimum absolute atomic E-state index is 0.251. The van der Waals surface area contributed by atoms with Crippen LogP contribution in [0.2, 0.25) is 5.02 Å². The van der Waals surface area contributed by atoms with E-state index in [1.807, 2.05) is 30.3 Å². The lowest BCUT2D eigenvalue weighted by atomic mass is 10.2. The Morgan fingerprint density at radius 1 is 1.16 bits per heavy atom. The van der Waals surface area contributed by atoms with Gasteiger partial charge in [0, 0.05) is 22.8 Å². The molecule has 1 heterocycles. The van der Waals surface area contributed by atoms with Crippen molar-refractivity contribution in [3.63, 3.8) is 0 Å². The molecule has 0 bridgehead atoms. The van der Waals surface area contributed by atoms with Crippen molar-refractivity contribution in [3.8, 4) is 11.6 Å². The zero-order valence-electron chi connectivity index (χ0n) is 13.5. The number of aromatic nitrogens is 2. The van der Waals surface area contributed by atoms with Crippen molar-refractivity contribution in [1.29, 1.82) is 0 Å². The zero-order chi connectivity index (χ0) is 17.6. The van der Waals surface area contributed by atoms with Gasteiger partial charge in [0.25, 0.3) is 0 Å². The molecule has 0 spiro atoms. The molecular formula is C18H16ClN3O3. The Morgan fingerprint density at radius 3 is 2.64 bits per heavy atom. The van der Waals surface area contributed by atoms with E-state index in [9.17, 15) is 4.79 Å². The number of hydrogen-bond donors (Lipinski definition) is 0. The summed E-state index contributed by atoms with van der Waals surface area (Å²) in [6.45, 7) is 0.251. The van der Waals surface area contributed by atoms with E-state index in [2.05, 4.69) is 5.10 Å². The number of ether oxygens (including phenoxy) is 1. The Kier molecular flexibility index (Phi) is 5.33. The standard InChI is InChI=1S/C18H16ClN3O3/c1-24-22(13-23)17-5-3-2-4-14(17)12-25-18-10-11-21(20-18)16-8-6-15(19)7-9-16/h2-11,13H,12H2,1H3.